The summed E-state index contributed by atoms with van der Waals surface area (Å²) in [6.45, 7) is 6.62. The summed E-state index contributed by atoms with van der Waals surface area (Å²) in [7, 11) is 3.94. The molecule has 1 radical (unpaired) electrons. The lowest BCUT2D eigenvalue weighted by Crippen LogP contribution is -2.49. The molecule has 0 saturated carbocycles. The number of carbonyl (C=O) groups is 3. The van der Waals surface area contributed by atoms with Gasteiger partial charge in [0.05, 0.1) is 58.8 Å². The molecule has 9 aromatic rings. The molecule has 0 aliphatic rings. The van der Waals surface area contributed by atoms with E-state index < -0.39 is 64.3 Å². The van der Waals surface area contributed by atoms with Gasteiger partial charge in [0.15, 0.2) is 3.92 Å². The maximum Gasteiger partial charge on any atom is 0.416 e. The Morgan fingerprint density at radius 1 is 0.506 bits per heavy atom. The normalized spacial score (nSPS) is 11.5. The molecule has 87 heavy (non-hydrogen) atoms. The number of anilines is 6. The van der Waals surface area contributed by atoms with Crippen molar-refractivity contribution in [2.45, 2.75) is 57.4 Å². The Bertz CT molecular complexity index is 3700. The van der Waals surface area contributed by atoms with Crippen molar-refractivity contribution in [3.63, 3.8) is 0 Å². The second kappa shape index (κ2) is 29.5. The van der Waals surface area contributed by atoms with E-state index in [1.807, 2.05) is 5.38 Å². The van der Waals surface area contributed by atoms with Gasteiger partial charge in [-0.1, -0.05) is 0 Å². The summed E-state index contributed by atoms with van der Waals surface area (Å²) in [6, 6.07) is 27.9. The average molecular weight is 1330 g/mol. The number of aliphatic hydroxyl groups is 1. The molecule has 9 rings (SSSR count). The zero-order chi connectivity index (χ0) is 63.9. The summed E-state index contributed by atoms with van der Waals surface area (Å²) in [5, 5.41) is 35.3. The number of ether oxygens (including phenoxy) is 2. The van der Waals surface area contributed by atoms with Crippen LogP contribution in [0.25, 0.3) is 21.1 Å². The van der Waals surface area contributed by atoms with Gasteiger partial charge in [-0.25, -0.2) is 29.3 Å². The first-order valence-electron chi connectivity index (χ1n) is 25.1. The van der Waals surface area contributed by atoms with Gasteiger partial charge in [0.1, 0.15) is 10.0 Å². The number of nitrogens with zero attached hydrogens (tertiary/aromatic N) is 3. The van der Waals surface area contributed by atoms with Crippen molar-refractivity contribution in [1.29, 1.82) is 0 Å². The predicted molar refractivity (Wildman–Crippen MR) is 322 cm³/mol. The van der Waals surface area contributed by atoms with Gasteiger partial charge in [0.2, 0.25) is 0 Å². The first kappa shape index (κ1) is 68.0. The van der Waals surface area contributed by atoms with Crippen LogP contribution in [0.5, 0.6) is 0 Å². The van der Waals surface area contributed by atoms with Gasteiger partial charge < -0.3 is 40.3 Å². The van der Waals surface area contributed by atoms with Crippen molar-refractivity contribution in [1.82, 2.24) is 15.0 Å². The smallest absolute Gasteiger partial charge is 0.416 e. The van der Waals surface area contributed by atoms with Crippen LogP contribution < -0.4 is 21.4 Å². The third kappa shape index (κ3) is 19.7. The van der Waals surface area contributed by atoms with Crippen LogP contribution in [0.3, 0.4) is 0 Å². The number of carboxylic acids is 1. The molecular formula is C59H50BBrF9N6O8S3. The van der Waals surface area contributed by atoms with Crippen LogP contribution in [0, 0.1) is 0 Å². The Kier molecular flexibility index (Phi) is 23.0. The molecular weight excluding hydrogens is 1280 g/mol. The van der Waals surface area contributed by atoms with Gasteiger partial charge in [-0.15, -0.1) is 34.0 Å². The van der Waals surface area contributed by atoms with Gasteiger partial charge in [-0.05, 0) is 176 Å². The second-order valence-corrected chi connectivity index (χ2v) is 22.9. The summed E-state index contributed by atoms with van der Waals surface area (Å²) in [5.41, 5.74) is 1.10. The molecule has 3 heterocycles. The second-order valence-electron chi connectivity index (χ2n) is 19.0. The fourth-order valence-electron chi connectivity index (χ4n) is 7.03. The standard InChI is InChI=1S/C21H24BF3NO4.C18H13F3N2O2S.C17H11F3N2O2S.C3H2BrNS/c1-19(2,28)20(3,4)30-22-16-12-13(18(27)29-5)6-11-17(16)26-15-9-7-14(8-10-15)21(23,24)25;1-25-17(24)11-2-7-15(14(10-11)16-22-8-9-26-16)23-13-5-3-12(4-6-13)18(19,20)21;18-17(19,20)11-2-4-12(5-3-11)22-14-6-1-10(16(23)24)9-13(14)15-21-7-8-25-15;4-3-5-1-2-6-3/h6-12,26,28H,1-5H3;2-10,23H,1H3;1-9,22H,(H,23,24);1-2H. The third-order valence-corrected chi connectivity index (χ3v) is 15.3. The van der Waals surface area contributed by atoms with Crippen molar-refractivity contribution < 1.29 is 78.2 Å². The highest BCUT2D eigenvalue weighted by Gasteiger charge is 2.36. The highest BCUT2D eigenvalue weighted by molar-refractivity contribution is 9.11. The van der Waals surface area contributed by atoms with E-state index in [1.54, 1.807) is 98.7 Å². The topological polar surface area (TPSA) is 194 Å². The van der Waals surface area contributed by atoms with Crippen LogP contribution in [0.4, 0.5) is 73.6 Å². The van der Waals surface area contributed by atoms with Crippen LogP contribution in [-0.2, 0) is 32.7 Å². The monoisotopic (exact) mass is 1330 g/mol. The molecule has 6 aromatic carbocycles. The quantitative estimate of drug-likeness (QED) is 0.0370. The number of thiazole rings is 3. The van der Waals surface area contributed by atoms with E-state index in [-0.39, 0.29) is 11.1 Å². The summed E-state index contributed by atoms with van der Waals surface area (Å²) in [5.74, 6) is -2.10. The predicted octanol–water partition coefficient (Wildman–Crippen LogP) is 16.6. The maximum atomic E-state index is 12.8. The number of benzene rings is 6. The molecule has 5 N–H and O–H groups in total. The van der Waals surface area contributed by atoms with Crippen LogP contribution in [0.15, 0.2) is 166 Å². The zero-order valence-corrected chi connectivity index (χ0v) is 50.4. The number of methoxy groups -OCH3 is 2. The van der Waals surface area contributed by atoms with E-state index in [0.29, 0.717) is 66.3 Å². The highest BCUT2D eigenvalue weighted by Crippen LogP contribution is 2.37. The average Bonchev–Trinajstić information content (AvgIpc) is 2.92. The molecule has 0 saturated heterocycles. The SMILES string of the molecule is Brc1nccs1.COC(=O)c1ccc(Nc2ccc(C(F)(F)F)cc2)c(-c2nccs2)c1.COC(=O)c1ccc(Nc2ccc(C(F)(F)F)cc2)c([B]OC(C)(C)C(C)(C)O)c1.O=C(O)c1ccc(Nc2ccc(C(F)(F)F)cc2)c(-c2nccs2)c1. The molecule has 0 spiro atoms. The molecule has 0 bridgehead atoms. The fraction of sp³-hybridized carbons (Fsp3) is 0.186. The zero-order valence-electron chi connectivity index (χ0n) is 46.4. The number of aromatic nitrogens is 3. The van der Waals surface area contributed by atoms with Crippen LogP contribution in [0.1, 0.15) is 75.5 Å². The van der Waals surface area contributed by atoms with Crippen molar-refractivity contribution in [2.24, 2.45) is 0 Å². The number of nitrogens with one attached hydrogen (secondary N) is 3. The number of carbonyl (C=O) groups excluding carboxylic acids is 2. The number of carboxylic acid groups (broad SMARTS) is 1. The number of hydrogen-bond donors (Lipinski definition) is 5. The van der Waals surface area contributed by atoms with Gasteiger partial charge in [0.25, 0.3) is 0 Å². The van der Waals surface area contributed by atoms with Gasteiger partial charge in [0, 0.05) is 80.0 Å². The Hall–Kier alpha value is -8.15. The number of aromatic carboxylic acids is 1. The molecule has 0 fully saturated rings. The number of alkyl halides is 9. The van der Waals surface area contributed by atoms with E-state index in [9.17, 15) is 59.0 Å². The van der Waals surface area contributed by atoms with E-state index in [2.05, 4.69) is 46.8 Å². The Morgan fingerprint density at radius 2 is 0.862 bits per heavy atom. The molecule has 0 aliphatic carbocycles. The molecule has 28 heteroatoms. The van der Waals surface area contributed by atoms with Crippen molar-refractivity contribution in [2.75, 3.05) is 30.2 Å². The van der Waals surface area contributed by atoms with E-state index >= 15 is 0 Å². The van der Waals surface area contributed by atoms with E-state index in [0.717, 1.165) is 40.3 Å². The highest BCUT2D eigenvalue weighted by atomic mass is 79.9. The van der Waals surface area contributed by atoms with Gasteiger partial charge in [-0.3, -0.25) is 0 Å². The van der Waals surface area contributed by atoms with Crippen molar-refractivity contribution >= 4 is 115 Å². The Balaban J connectivity index is 0.000000199. The number of esters is 2. The third-order valence-electron chi connectivity index (χ3n) is 12.3. The first-order valence-corrected chi connectivity index (χ1v) is 28.5. The summed E-state index contributed by atoms with van der Waals surface area (Å²) < 4.78 is 130. The van der Waals surface area contributed by atoms with Crippen LogP contribution >= 0.6 is 49.9 Å². The molecule has 0 unspecified atom stereocenters. The molecule has 0 aliphatic heterocycles. The Morgan fingerprint density at radius 3 is 1.18 bits per heavy atom. The largest absolute Gasteiger partial charge is 0.478 e. The minimum Gasteiger partial charge on any atom is -0.478 e. The van der Waals surface area contributed by atoms with Gasteiger partial charge in [-0.2, -0.15) is 39.5 Å². The minimum absolute atomic E-state index is 0.100. The van der Waals surface area contributed by atoms with Crippen LogP contribution in [0.2, 0.25) is 0 Å². The summed E-state index contributed by atoms with van der Waals surface area (Å²) in [6.07, 6.45) is -8.21. The van der Waals surface area contributed by atoms with Crippen molar-refractivity contribution in [3.05, 3.63) is 199 Å². The molecule has 14 nitrogen and oxygen atoms in total. The van der Waals surface area contributed by atoms with E-state index in [4.69, 9.17) is 19.2 Å². The van der Waals surface area contributed by atoms with Crippen LogP contribution in [-0.4, -0.2) is 76.0 Å². The number of hydrogen-bond acceptors (Lipinski definition) is 16. The summed E-state index contributed by atoms with van der Waals surface area (Å²) in [4.78, 5) is 47.1. The molecule has 455 valence electrons. The minimum atomic E-state index is -4.42. The summed E-state index contributed by atoms with van der Waals surface area (Å²) >= 11 is 7.49. The lowest BCUT2D eigenvalue weighted by molar-refractivity contribution is -0.138. The number of halogens is 10. The maximum absolute atomic E-state index is 12.8. The molecule has 3 aromatic heterocycles. The number of rotatable bonds is 15. The first-order chi connectivity index (χ1) is 40.9. The molecule has 0 atom stereocenters. The van der Waals surface area contributed by atoms with Gasteiger partial charge >= 0.3 is 43.9 Å². The lowest BCUT2D eigenvalue weighted by Gasteiger charge is -2.37. The fourth-order valence-corrected chi connectivity index (χ4v) is 9.16. The van der Waals surface area contributed by atoms with Crippen molar-refractivity contribution in [3.8, 4) is 21.1 Å². The molecule has 0 amide bonds. The lowest BCUT2D eigenvalue weighted by atomic mass is 9.81. The Labute approximate surface area is 513 Å². The van der Waals surface area contributed by atoms with E-state index in [1.165, 1.54) is 105 Å².